The number of carbonyl (C=O) groups excluding carboxylic acids is 1. The molecule has 2 fully saturated rings. The van der Waals surface area contributed by atoms with Gasteiger partial charge in [-0.1, -0.05) is 11.8 Å². The molecule has 1 saturated heterocycles. The molecule has 0 aromatic heterocycles. The van der Waals surface area contributed by atoms with Gasteiger partial charge in [0.15, 0.2) is 0 Å². The summed E-state index contributed by atoms with van der Waals surface area (Å²) >= 11 is 0. The van der Waals surface area contributed by atoms with Gasteiger partial charge in [0.2, 0.25) is 0 Å². The van der Waals surface area contributed by atoms with Gasteiger partial charge in [-0.05, 0) is 45.3 Å². The Balaban J connectivity index is 1.60. The zero-order valence-corrected chi connectivity index (χ0v) is 12.7. The van der Waals surface area contributed by atoms with Crippen molar-refractivity contribution in [2.45, 2.75) is 38.8 Å². The maximum Gasteiger partial charge on any atom is 0.410 e. The average Bonchev–Trinajstić information content (AvgIpc) is 2.97. The van der Waals surface area contributed by atoms with Crippen molar-refractivity contribution in [2.75, 3.05) is 13.1 Å². The highest BCUT2D eigenvalue weighted by molar-refractivity contribution is 5.72. The van der Waals surface area contributed by atoms with Gasteiger partial charge in [0.25, 0.3) is 0 Å². The van der Waals surface area contributed by atoms with Crippen molar-refractivity contribution in [2.24, 2.45) is 16.4 Å². The fourth-order valence-electron chi connectivity index (χ4n) is 2.82. The van der Waals surface area contributed by atoms with Gasteiger partial charge in [0, 0.05) is 19.3 Å². The lowest BCUT2D eigenvalue weighted by molar-refractivity contribution is 0.0268. The van der Waals surface area contributed by atoms with E-state index in [0.717, 1.165) is 13.0 Å². The second kappa shape index (κ2) is 4.80. The molecule has 21 heavy (non-hydrogen) atoms. The maximum atomic E-state index is 12.1. The van der Waals surface area contributed by atoms with Crippen LogP contribution in [0.5, 0.6) is 0 Å². The molecule has 1 aliphatic carbocycles. The van der Waals surface area contributed by atoms with E-state index in [9.17, 15) is 4.79 Å². The second-order valence-corrected chi connectivity index (χ2v) is 6.96. The van der Waals surface area contributed by atoms with Crippen LogP contribution in [0.15, 0.2) is 17.3 Å². The summed E-state index contributed by atoms with van der Waals surface area (Å²) < 4.78 is 5.43. The molecule has 1 saturated carbocycles. The Kier molecular flexibility index (Phi) is 3.20. The lowest BCUT2D eigenvalue weighted by Crippen LogP contribution is -2.37. The summed E-state index contributed by atoms with van der Waals surface area (Å²) in [7, 11) is 0. The molecule has 0 radical (unpaired) electrons. The summed E-state index contributed by atoms with van der Waals surface area (Å²) in [4.78, 5) is 13.9. The minimum Gasteiger partial charge on any atom is -0.444 e. The molecule has 5 nitrogen and oxygen atoms in total. The largest absolute Gasteiger partial charge is 0.444 e. The summed E-state index contributed by atoms with van der Waals surface area (Å²) in [6.45, 7) is 7.10. The van der Waals surface area contributed by atoms with Crippen molar-refractivity contribution in [1.82, 2.24) is 10.3 Å². The van der Waals surface area contributed by atoms with Gasteiger partial charge in [-0.2, -0.15) is 5.10 Å². The Bertz CT molecular complexity index is 564. The van der Waals surface area contributed by atoms with Crippen LogP contribution < -0.4 is 5.43 Å². The highest BCUT2D eigenvalue weighted by Crippen LogP contribution is 2.57. The van der Waals surface area contributed by atoms with Gasteiger partial charge >= 0.3 is 6.09 Å². The lowest BCUT2D eigenvalue weighted by Gasteiger charge is -2.25. The van der Waals surface area contributed by atoms with E-state index in [1.807, 2.05) is 32.9 Å². The van der Waals surface area contributed by atoms with Crippen LogP contribution in [0.2, 0.25) is 0 Å². The fourth-order valence-corrected chi connectivity index (χ4v) is 2.82. The number of nitrogens with zero attached hydrogens (tertiary/aromatic N) is 2. The van der Waals surface area contributed by atoms with Crippen molar-refractivity contribution in [3.05, 3.63) is 12.2 Å². The summed E-state index contributed by atoms with van der Waals surface area (Å²) in [5.74, 6) is 7.07. The van der Waals surface area contributed by atoms with Crippen LogP contribution >= 0.6 is 0 Å². The highest BCUT2D eigenvalue weighted by atomic mass is 16.6. The molecule has 5 heteroatoms. The molecule has 3 rings (SSSR count). The smallest absolute Gasteiger partial charge is 0.410 e. The van der Waals surface area contributed by atoms with Crippen molar-refractivity contribution >= 4 is 12.3 Å². The molecule has 3 unspecified atom stereocenters. The number of likely N-dealkylation sites (tertiary alicyclic amines) is 1. The van der Waals surface area contributed by atoms with E-state index in [-0.39, 0.29) is 17.6 Å². The Morgan fingerprint density at radius 3 is 3.00 bits per heavy atom. The second-order valence-electron chi connectivity index (χ2n) is 6.96. The van der Waals surface area contributed by atoms with Gasteiger partial charge in [-0.15, -0.1) is 0 Å². The van der Waals surface area contributed by atoms with Crippen molar-refractivity contribution in [1.29, 1.82) is 0 Å². The number of piperidine rings is 1. The van der Waals surface area contributed by atoms with Crippen molar-refractivity contribution in [3.8, 4) is 11.8 Å². The van der Waals surface area contributed by atoms with Gasteiger partial charge in [0.05, 0.1) is 5.41 Å². The Labute approximate surface area is 125 Å². The van der Waals surface area contributed by atoms with Crippen LogP contribution in [-0.4, -0.2) is 41.9 Å². The number of amides is 1. The van der Waals surface area contributed by atoms with Gasteiger partial charge in [0.1, 0.15) is 11.6 Å². The van der Waals surface area contributed by atoms with E-state index in [0.29, 0.717) is 12.5 Å². The van der Waals surface area contributed by atoms with E-state index >= 15 is 0 Å². The SMILES string of the molecule is CC(C)(C)OC(=O)N1CC2CC2(C#CC2C=CC=NN2)C1. The molecule has 0 spiro atoms. The standard InChI is InChI=1S/C16H21N3O2/c1-15(2,3)21-14(20)19-10-12-9-16(12,11-19)7-6-13-5-4-8-17-18-13/h4-5,8,12-13,18H,9-11H2,1-3H3. The molecule has 0 bridgehead atoms. The predicted octanol–water partition coefficient (Wildman–Crippen LogP) is 1.76. The molecular weight excluding hydrogens is 266 g/mol. The number of allylic oxidation sites excluding steroid dienone is 1. The molecule has 3 atom stereocenters. The minimum atomic E-state index is -0.447. The summed E-state index contributed by atoms with van der Waals surface area (Å²) in [5, 5.41) is 3.97. The van der Waals surface area contributed by atoms with Crippen molar-refractivity contribution in [3.63, 3.8) is 0 Å². The third-order valence-corrected chi connectivity index (χ3v) is 3.95. The van der Waals surface area contributed by atoms with Crippen LogP contribution in [0, 0.1) is 23.2 Å². The number of ether oxygens (including phenoxy) is 1. The number of hydrogen-bond donors (Lipinski definition) is 1. The molecule has 2 aliphatic heterocycles. The molecule has 1 N–H and O–H groups in total. The number of carbonyl (C=O) groups is 1. The quantitative estimate of drug-likeness (QED) is 0.691. The zero-order chi connectivity index (χ0) is 15.1. The molecule has 3 aliphatic rings. The molecule has 0 aromatic carbocycles. The first-order chi connectivity index (χ1) is 9.88. The first-order valence-corrected chi connectivity index (χ1v) is 7.34. The molecular formula is C16H21N3O2. The first-order valence-electron chi connectivity index (χ1n) is 7.34. The minimum absolute atomic E-state index is 0.0203. The number of hydrogen-bond acceptors (Lipinski definition) is 4. The predicted molar refractivity (Wildman–Crippen MR) is 80.7 cm³/mol. The molecule has 2 heterocycles. The zero-order valence-electron chi connectivity index (χ0n) is 12.7. The van der Waals surface area contributed by atoms with E-state index < -0.39 is 5.60 Å². The summed E-state index contributed by atoms with van der Waals surface area (Å²) in [6.07, 6.45) is 6.43. The normalized spacial score (nSPS) is 32.8. The monoisotopic (exact) mass is 287 g/mol. The van der Waals surface area contributed by atoms with E-state index in [2.05, 4.69) is 22.4 Å². The van der Waals surface area contributed by atoms with Crippen LogP contribution in [0.25, 0.3) is 0 Å². The van der Waals surface area contributed by atoms with Crippen LogP contribution in [0.3, 0.4) is 0 Å². The average molecular weight is 287 g/mol. The maximum absolute atomic E-state index is 12.1. The summed E-state index contributed by atoms with van der Waals surface area (Å²) in [5.41, 5.74) is 2.48. The van der Waals surface area contributed by atoms with Gasteiger partial charge in [-0.25, -0.2) is 4.79 Å². The van der Waals surface area contributed by atoms with Crippen molar-refractivity contribution < 1.29 is 9.53 Å². The molecule has 1 amide bonds. The molecule has 112 valence electrons. The summed E-state index contributed by atoms with van der Waals surface area (Å²) in [6, 6.07) is -0.0267. The van der Waals surface area contributed by atoms with Crippen LogP contribution in [0.1, 0.15) is 27.2 Å². The number of rotatable bonds is 0. The molecule has 0 aromatic rings. The Morgan fingerprint density at radius 2 is 2.33 bits per heavy atom. The van der Waals surface area contributed by atoms with E-state index in [1.165, 1.54) is 0 Å². The number of hydrazone groups is 1. The number of fused-ring (bicyclic) bond motifs is 1. The number of nitrogens with one attached hydrogen (secondary N) is 1. The highest BCUT2D eigenvalue weighted by Gasteiger charge is 2.60. The third-order valence-electron chi connectivity index (χ3n) is 3.95. The Morgan fingerprint density at radius 1 is 1.52 bits per heavy atom. The first kappa shape index (κ1) is 14.0. The Hall–Kier alpha value is -1.96. The topological polar surface area (TPSA) is 53.9 Å². The van der Waals surface area contributed by atoms with Gasteiger partial charge < -0.3 is 9.64 Å². The van der Waals surface area contributed by atoms with Crippen LogP contribution in [0.4, 0.5) is 4.79 Å². The fraction of sp³-hybridized carbons (Fsp3) is 0.625. The van der Waals surface area contributed by atoms with E-state index in [1.54, 1.807) is 11.1 Å². The third kappa shape index (κ3) is 3.05. The lowest BCUT2D eigenvalue weighted by atomic mass is 10.1. The van der Waals surface area contributed by atoms with Crippen LogP contribution in [-0.2, 0) is 4.74 Å². The van der Waals surface area contributed by atoms with E-state index in [4.69, 9.17) is 4.74 Å². The van der Waals surface area contributed by atoms with Gasteiger partial charge in [-0.3, -0.25) is 5.43 Å².